The number of carbonyl (C=O) groups is 1. The highest BCUT2D eigenvalue weighted by Gasteiger charge is 2.33. The Balaban J connectivity index is 1.58. The van der Waals surface area contributed by atoms with Crippen molar-refractivity contribution in [3.8, 4) is 5.75 Å². The minimum atomic E-state index is -0.860. The molecule has 1 aromatic heterocycles. The van der Waals surface area contributed by atoms with E-state index in [1.165, 1.54) is 0 Å². The second kappa shape index (κ2) is 7.25. The van der Waals surface area contributed by atoms with Crippen LogP contribution in [0.5, 0.6) is 5.75 Å². The van der Waals surface area contributed by atoms with Gasteiger partial charge in [-0.15, -0.1) is 0 Å². The van der Waals surface area contributed by atoms with Gasteiger partial charge < -0.3 is 14.9 Å². The molecule has 1 aliphatic rings. The maximum atomic E-state index is 10.7. The number of aliphatic hydroxyl groups excluding tert-OH is 1. The van der Waals surface area contributed by atoms with E-state index >= 15 is 0 Å². The highest BCUT2D eigenvalue weighted by molar-refractivity contribution is 5.70. The van der Waals surface area contributed by atoms with Crippen LogP contribution in [-0.4, -0.2) is 56.2 Å². The first-order valence-corrected chi connectivity index (χ1v) is 8.27. The first-order chi connectivity index (χ1) is 11.9. The second-order valence-corrected chi connectivity index (χ2v) is 6.51. The van der Waals surface area contributed by atoms with E-state index in [4.69, 9.17) is 9.84 Å². The van der Waals surface area contributed by atoms with Crippen LogP contribution in [0.2, 0.25) is 0 Å². The number of carboxylic acid groups (broad SMARTS) is 1. The zero-order chi connectivity index (χ0) is 18.0. The first-order valence-electron chi connectivity index (χ1n) is 8.27. The molecule has 2 heterocycles. The van der Waals surface area contributed by atoms with Gasteiger partial charge in [-0.25, -0.2) is 0 Å². The number of aryl methyl sites for hydroxylation is 1. The van der Waals surface area contributed by atoms with Gasteiger partial charge in [0.25, 0.3) is 0 Å². The van der Waals surface area contributed by atoms with Crippen LogP contribution in [0.15, 0.2) is 30.5 Å². The quantitative estimate of drug-likeness (QED) is 0.811. The number of benzene rings is 1. The Bertz CT molecular complexity index is 741. The minimum Gasteiger partial charge on any atom is -0.486 e. The molecule has 7 nitrogen and oxygen atoms in total. The van der Waals surface area contributed by atoms with Crippen molar-refractivity contribution in [3.05, 3.63) is 47.3 Å². The molecule has 1 fully saturated rings. The van der Waals surface area contributed by atoms with Gasteiger partial charge in [-0.3, -0.25) is 14.4 Å². The maximum Gasteiger partial charge on any atom is 0.307 e. The number of β-amino-alcohol motifs (C(OH)–C–C–N with tert-alkyl or cyclic N) is 1. The molecule has 7 heteroatoms. The van der Waals surface area contributed by atoms with Gasteiger partial charge in [0.1, 0.15) is 18.0 Å². The lowest BCUT2D eigenvalue weighted by atomic mass is 10.1. The van der Waals surface area contributed by atoms with Gasteiger partial charge in [0.2, 0.25) is 0 Å². The number of hydrogen-bond donors (Lipinski definition) is 2. The Labute approximate surface area is 146 Å². The zero-order valence-electron chi connectivity index (χ0n) is 14.4. The lowest BCUT2D eigenvalue weighted by Crippen LogP contribution is -2.29. The van der Waals surface area contributed by atoms with Crippen molar-refractivity contribution < 1.29 is 19.7 Å². The largest absolute Gasteiger partial charge is 0.486 e. The zero-order valence-corrected chi connectivity index (χ0v) is 14.4. The topological polar surface area (TPSA) is 87.8 Å². The molecule has 2 aromatic rings. The van der Waals surface area contributed by atoms with Crippen molar-refractivity contribution in [3.63, 3.8) is 0 Å². The predicted octanol–water partition coefficient (Wildman–Crippen LogP) is 0.980. The molecule has 0 spiro atoms. The Morgan fingerprint density at radius 1 is 1.32 bits per heavy atom. The van der Waals surface area contributed by atoms with Crippen LogP contribution >= 0.6 is 0 Å². The van der Waals surface area contributed by atoms with Crippen LogP contribution in [0, 0.1) is 6.92 Å². The average molecular weight is 345 g/mol. The Morgan fingerprint density at radius 3 is 2.64 bits per heavy atom. The summed E-state index contributed by atoms with van der Waals surface area (Å²) in [4.78, 5) is 12.9. The second-order valence-electron chi connectivity index (χ2n) is 6.51. The Kier molecular flexibility index (Phi) is 5.06. The standard InChI is InChI=1S/C18H23N3O4/c1-12-14(8-19-20(12)2)9-21-10-16(22)17(11-21)25-15-5-3-13(4-6-15)7-18(23)24/h3-6,8,16-17,22H,7,9-11H2,1-2H3,(H,23,24)/t16-,17-/m1/s1. The molecule has 3 rings (SSSR count). The van der Waals surface area contributed by atoms with Crippen molar-refractivity contribution in [2.24, 2.45) is 7.05 Å². The molecular weight excluding hydrogens is 322 g/mol. The van der Waals surface area contributed by atoms with Gasteiger partial charge in [-0.1, -0.05) is 12.1 Å². The third kappa shape index (κ3) is 4.18. The summed E-state index contributed by atoms with van der Waals surface area (Å²) in [6.07, 6.45) is 0.986. The summed E-state index contributed by atoms with van der Waals surface area (Å²) in [5.41, 5.74) is 2.99. The molecule has 0 aliphatic carbocycles. The van der Waals surface area contributed by atoms with Gasteiger partial charge in [0, 0.05) is 37.9 Å². The third-order valence-electron chi connectivity index (χ3n) is 4.61. The molecule has 25 heavy (non-hydrogen) atoms. The number of rotatable bonds is 6. The summed E-state index contributed by atoms with van der Waals surface area (Å²) in [5.74, 6) is -0.223. The number of nitrogens with zero attached hydrogens (tertiary/aromatic N) is 3. The molecule has 0 unspecified atom stereocenters. The van der Waals surface area contributed by atoms with E-state index in [9.17, 15) is 9.90 Å². The van der Waals surface area contributed by atoms with Crippen molar-refractivity contribution in [1.29, 1.82) is 0 Å². The maximum absolute atomic E-state index is 10.7. The smallest absolute Gasteiger partial charge is 0.307 e. The normalized spacial score (nSPS) is 20.8. The summed E-state index contributed by atoms with van der Waals surface area (Å²) >= 11 is 0. The summed E-state index contributed by atoms with van der Waals surface area (Å²) < 4.78 is 7.73. The van der Waals surface area contributed by atoms with Crippen molar-refractivity contribution >= 4 is 5.97 Å². The number of aromatic nitrogens is 2. The monoisotopic (exact) mass is 345 g/mol. The lowest BCUT2D eigenvalue weighted by molar-refractivity contribution is -0.136. The molecule has 0 amide bonds. The molecule has 2 N–H and O–H groups in total. The fourth-order valence-corrected chi connectivity index (χ4v) is 3.05. The third-order valence-corrected chi connectivity index (χ3v) is 4.61. The average Bonchev–Trinajstić information content (AvgIpc) is 3.06. The van der Waals surface area contributed by atoms with Crippen LogP contribution in [0.1, 0.15) is 16.8 Å². The molecule has 0 bridgehead atoms. The SMILES string of the molecule is Cc1c(CN2C[C@@H](O)[C@H](Oc3ccc(CC(=O)O)cc3)C2)cnn1C. The van der Waals surface area contributed by atoms with Crippen LogP contribution in [0.3, 0.4) is 0 Å². The fourth-order valence-electron chi connectivity index (χ4n) is 3.05. The van der Waals surface area contributed by atoms with Gasteiger partial charge in [-0.2, -0.15) is 5.10 Å². The van der Waals surface area contributed by atoms with E-state index in [1.807, 2.05) is 24.9 Å². The lowest BCUT2D eigenvalue weighted by Gasteiger charge is -2.17. The van der Waals surface area contributed by atoms with Crippen LogP contribution in [-0.2, 0) is 24.8 Å². The van der Waals surface area contributed by atoms with Crippen molar-refractivity contribution in [1.82, 2.24) is 14.7 Å². The van der Waals surface area contributed by atoms with Gasteiger partial charge in [0.15, 0.2) is 0 Å². The number of ether oxygens (including phenoxy) is 1. The van der Waals surface area contributed by atoms with E-state index in [-0.39, 0.29) is 12.5 Å². The van der Waals surface area contributed by atoms with E-state index < -0.39 is 12.1 Å². The molecule has 1 saturated heterocycles. The van der Waals surface area contributed by atoms with Crippen molar-refractivity contribution in [2.45, 2.75) is 32.1 Å². The first kappa shape index (κ1) is 17.4. The number of likely N-dealkylation sites (tertiary alicyclic amines) is 1. The van der Waals surface area contributed by atoms with E-state index in [1.54, 1.807) is 24.3 Å². The Hall–Kier alpha value is -2.38. The predicted molar refractivity (Wildman–Crippen MR) is 91.4 cm³/mol. The molecule has 0 radical (unpaired) electrons. The molecule has 1 aromatic carbocycles. The summed E-state index contributed by atoms with van der Waals surface area (Å²) in [6, 6.07) is 6.97. The van der Waals surface area contributed by atoms with Crippen LogP contribution < -0.4 is 4.74 Å². The molecular formula is C18H23N3O4. The summed E-state index contributed by atoms with van der Waals surface area (Å²) in [7, 11) is 1.91. The number of aliphatic hydroxyl groups is 1. The highest BCUT2D eigenvalue weighted by atomic mass is 16.5. The number of aliphatic carboxylic acids is 1. The van der Waals surface area contributed by atoms with Crippen molar-refractivity contribution in [2.75, 3.05) is 13.1 Å². The molecule has 1 aliphatic heterocycles. The van der Waals surface area contributed by atoms with Gasteiger partial charge in [-0.05, 0) is 24.6 Å². The molecule has 134 valence electrons. The molecule has 0 saturated carbocycles. The fraction of sp³-hybridized carbons (Fsp3) is 0.444. The van der Waals surface area contributed by atoms with E-state index in [2.05, 4.69) is 10.00 Å². The summed E-state index contributed by atoms with van der Waals surface area (Å²) in [5, 5.41) is 23.3. The minimum absolute atomic E-state index is 0.00935. The van der Waals surface area contributed by atoms with Gasteiger partial charge in [0.05, 0.1) is 12.6 Å². The van der Waals surface area contributed by atoms with Crippen LogP contribution in [0.4, 0.5) is 0 Å². The van der Waals surface area contributed by atoms with Crippen LogP contribution in [0.25, 0.3) is 0 Å². The summed E-state index contributed by atoms with van der Waals surface area (Å²) in [6.45, 7) is 3.94. The number of carboxylic acids is 1. The Morgan fingerprint density at radius 2 is 2.04 bits per heavy atom. The molecule has 2 atom stereocenters. The van der Waals surface area contributed by atoms with E-state index in [0.29, 0.717) is 18.8 Å². The van der Waals surface area contributed by atoms with E-state index in [0.717, 1.165) is 23.4 Å². The number of hydrogen-bond acceptors (Lipinski definition) is 5. The van der Waals surface area contributed by atoms with Gasteiger partial charge >= 0.3 is 5.97 Å². The highest BCUT2D eigenvalue weighted by Crippen LogP contribution is 2.21.